The van der Waals surface area contributed by atoms with E-state index < -0.39 is 5.82 Å². The molecule has 0 spiro atoms. The first-order valence-electron chi connectivity index (χ1n) is 7.32. The quantitative estimate of drug-likeness (QED) is 0.729. The van der Waals surface area contributed by atoms with Crippen LogP contribution in [0.4, 0.5) is 4.39 Å². The molecule has 3 nitrogen and oxygen atoms in total. The van der Waals surface area contributed by atoms with Gasteiger partial charge in [0.05, 0.1) is 17.0 Å². The summed E-state index contributed by atoms with van der Waals surface area (Å²) in [6.07, 6.45) is 1.62. The topological polar surface area (TPSA) is 42.0 Å². The summed E-state index contributed by atoms with van der Waals surface area (Å²) in [6.45, 7) is 0.325. The molecule has 0 aliphatic heterocycles. The number of halogens is 2. The number of aromatic nitrogens is 1. The predicted octanol–water partition coefficient (Wildman–Crippen LogP) is 4.46. The molecule has 0 aliphatic rings. The molecular formula is C18H14ClFN2OS. The Balaban J connectivity index is 1.69. The molecule has 0 fully saturated rings. The number of thiophene rings is 1. The van der Waals surface area contributed by atoms with E-state index in [-0.39, 0.29) is 22.9 Å². The van der Waals surface area contributed by atoms with E-state index in [9.17, 15) is 9.18 Å². The van der Waals surface area contributed by atoms with Crippen molar-refractivity contribution >= 4 is 28.8 Å². The normalized spacial score (nSPS) is 10.6. The molecule has 2 heterocycles. The average Bonchev–Trinajstić information content (AvgIpc) is 3.11. The second-order valence-electron chi connectivity index (χ2n) is 5.14. The minimum Gasteiger partial charge on any atom is -0.352 e. The van der Waals surface area contributed by atoms with E-state index in [1.165, 1.54) is 12.1 Å². The highest BCUT2D eigenvalue weighted by Crippen LogP contribution is 2.25. The number of amides is 1. The Hall–Kier alpha value is -2.24. The van der Waals surface area contributed by atoms with Crippen molar-refractivity contribution < 1.29 is 9.18 Å². The monoisotopic (exact) mass is 360 g/mol. The van der Waals surface area contributed by atoms with Crippen LogP contribution in [0.3, 0.4) is 0 Å². The molecule has 122 valence electrons. The summed E-state index contributed by atoms with van der Waals surface area (Å²) in [5, 5.41) is 5.04. The van der Waals surface area contributed by atoms with E-state index in [1.807, 2.05) is 29.6 Å². The van der Waals surface area contributed by atoms with Crippen LogP contribution in [0.15, 0.2) is 54.0 Å². The number of pyridine rings is 1. The lowest BCUT2D eigenvalue weighted by atomic mass is 10.1. The van der Waals surface area contributed by atoms with E-state index in [1.54, 1.807) is 23.6 Å². The van der Waals surface area contributed by atoms with Crippen molar-refractivity contribution in [2.24, 2.45) is 0 Å². The van der Waals surface area contributed by atoms with Crippen LogP contribution >= 0.6 is 22.9 Å². The number of hydrogen-bond donors (Lipinski definition) is 1. The minimum atomic E-state index is -0.474. The summed E-state index contributed by atoms with van der Waals surface area (Å²) in [5.74, 6) is -0.763. The molecule has 1 N–H and O–H groups in total. The predicted molar refractivity (Wildman–Crippen MR) is 94.5 cm³/mol. The average molecular weight is 361 g/mol. The Labute approximate surface area is 148 Å². The lowest BCUT2D eigenvalue weighted by molar-refractivity contribution is -0.120. The lowest BCUT2D eigenvalue weighted by Gasteiger charge is -2.10. The SMILES string of the molecule is O=C(Cc1c(F)cccc1Cl)NCc1cccnc1-c1cccs1. The molecule has 6 heteroatoms. The third kappa shape index (κ3) is 3.80. The van der Waals surface area contributed by atoms with Crippen LogP contribution in [-0.2, 0) is 17.8 Å². The number of nitrogens with one attached hydrogen (secondary N) is 1. The van der Waals surface area contributed by atoms with Gasteiger partial charge in [-0.3, -0.25) is 9.78 Å². The summed E-state index contributed by atoms with van der Waals surface area (Å²) in [7, 11) is 0. The van der Waals surface area contributed by atoms with Gasteiger partial charge in [-0.25, -0.2) is 4.39 Å². The summed E-state index contributed by atoms with van der Waals surface area (Å²) < 4.78 is 13.8. The summed E-state index contributed by atoms with van der Waals surface area (Å²) in [4.78, 5) is 17.6. The van der Waals surface area contributed by atoms with E-state index in [2.05, 4.69) is 10.3 Å². The number of carbonyl (C=O) groups excluding carboxylic acids is 1. The minimum absolute atomic E-state index is 0.0971. The lowest BCUT2D eigenvalue weighted by Crippen LogP contribution is -2.25. The van der Waals surface area contributed by atoms with Gasteiger partial charge in [-0.2, -0.15) is 0 Å². The van der Waals surface area contributed by atoms with Crippen molar-refractivity contribution in [1.82, 2.24) is 10.3 Å². The van der Waals surface area contributed by atoms with Crippen molar-refractivity contribution in [1.29, 1.82) is 0 Å². The highest BCUT2D eigenvalue weighted by atomic mass is 35.5. The van der Waals surface area contributed by atoms with E-state index in [0.29, 0.717) is 6.54 Å². The molecule has 0 bridgehead atoms. The second-order valence-corrected chi connectivity index (χ2v) is 6.50. The Morgan fingerprint density at radius 3 is 2.83 bits per heavy atom. The van der Waals surface area contributed by atoms with Gasteiger partial charge in [0.25, 0.3) is 0 Å². The van der Waals surface area contributed by atoms with Gasteiger partial charge in [-0.1, -0.05) is 29.8 Å². The Kier molecular flexibility index (Phi) is 5.23. The molecule has 0 aliphatic carbocycles. The third-order valence-electron chi connectivity index (χ3n) is 3.52. The molecule has 0 saturated carbocycles. The molecule has 3 rings (SSSR count). The summed E-state index contributed by atoms with van der Waals surface area (Å²) in [5.41, 5.74) is 1.96. The molecule has 0 radical (unpaired) electrons. The fourth-order valence-corrected chi connectivity index (χ4v) is 3.32. The number of carbonyl (C=O) groups is 1. The molecule has 0 unspecified atom stereocenters. The van der Waals surface area contributed by atoms with Crippen molar-refractivity contribution in [3.8, 4) is 10.6 Å². The highest BCUT2D eigenvalue weighted by molar-refractivity contribution is 7.13. The molecule has 0 atom stereocenters. The molecule has 1 aromatic carbocycles. The first kappa shape index (κ1) is 16.6. The Morgan fingerprint density at radius 1 is 1.21 bits per heavy atom. The van der Waals surface area contributed by atoms with E-state index in [4.69, 9.17) is 11.6 Å². The first-order valence-corrected chi connectivity index (χ1v) is 8.58. The van der Waals surface area contributed by atoms with Gasteiger partial charge in [0.1, 0.15) is 5.82 Å². The van der Waals surface area contributed by atoms with Crippen molar-refractivity contribution in [3.05, 3.63) is 76.0 Å². The van der Waals surface area contributed by atoms with E-state index >= 15 is 0 Å². The molecule has 24 heavy (non-hydrogen) atoms. The van der Waals surface area contributed by atoms with Crippen LogP contribution in [0.2, 0.25) is 5.02 Å². The van der Waals surface area contributed by atoms with Gasteiger partial charge in [0.2, 0.25) is 5.91 Å². The van der Waals surface area contributed by atoms with Crippen LogP contribution in [0.5, 0.6) is 0 Å². The zero-order valence-electron chi connectivity index (χ0n) is 12.6. The molecule has 1 amide bonds. The number of nitrogens with zero attached hydrogens (tertiary/aromatic N) is 1. The maximum atomic E-state index is 13.8. The molecule has 2 aromatic heterocycles. The van der Waals surface area contributed by atoms with Gasteiger partial charge < -0.3 is 5.32 Å². The van der Waals surface area contributed by atoms with Crippen LogP contribution in [-0.4, -0.2) is 10.9 Å². The van der Waals surface area contributed by atoms with Crippen LogP contribution in [0.1, 0.15) is 11.1 Å². The first-order chi connectivity index (χ1) is 11.6. The summed E-state index contributed by atoms with van der Waals surface area (Å²) in [6, 6.07) is 12.1. The van der Waals surface area contributed by atoms with Gasteiger partial charge >= 0.3 is 0 Å². The zero-order chi connectivity index (χ0) is 16.9. The zero-order valence-corrected chi connectivity index (χ0v) is 14.2. The van der Waals surface area contributed by atoms with Crippen LogP contribution in [0.25, 0.3) is 10.6 Å². The smallest absolute Gasteiger partial charge is 0.224 e. The highest BCUT2D eigenvalue weighted by Gasteiger charge is 2.13. The molecule has 0 saturated heterocycles. The second kappa shape index (κ2) is 7.55. The van der Waals surface area contributed by atoms with Gasteiger partial charge in [0.15, 0.2) is 0 Å². The van der Waals surface area contributed by atoms with Crippen LogP contribution < -0.4 is 5.32 Å². The van der Waals surface area contributed by atoms with Crippen LogP contribution in [0, 0.1) is 5.82 Å². The fourth-order valence-electron chi connectivity index (χ4n) is 2.33. The number of hydrogen-bond acceptors (Lipinski definition) is 3. The van der Waals surface area contributed by atoms with E-state index in [0.717, 1.165) is 16.1 Å². The van der Waals surface area contributed by atoms with Crippen molar-refractivity contribution in [2.75, 3.05) is 0 Å². The van der Waals surface area contributed by atoms with Crippen molar-refractivity contribution in [3.63, 3.8) is 0 Å². The standard InChI is InChI=1S/C18H14ClFN2OS/c19-14-5-1-6-15(20)13(14)10-17(23)22-11-12-4-2-8-21-18(12)16-7-3-9-24-16/h1-9H,10-11H2,(H,22,23). The maximum Gasteiger partial charge on any atom is 0.224 e. The largest absolute Gasteiger partial charge is 0.352 e. The fraction of sp³-hybridized carbons (Fsp3) is 0.111. The van der Waals surface area contributed by atoms with Gasteiger partial charge in [-0.05, 0) is 35.2 Å². The molecule has 3 aromatic rings. The van der Waals surface area contributed by atoms with Crippen molar-refractivity contribution in [2.45, 2.75) is 13.0 Å². The summed E-state index contributed by atoms with van der Waals surface area (Å²) >= 11 is 7.54. The number of benzene rings is 1. The Morgan fingerprint density at radius 2 is 2.08 bits per heavy atom. The molecular weight excluding hydrogens is 347 g/mol. The maximum absolute atomic E-state index is 13.8. The third-order valence-corrected chi connectivity index (χ3v) is 4.75. The number of rotatable bonds is 5. The van der Waals surface area contributed by atoms with Gasteiger partial charge in [0, 0.05) is 23.3 Å². The van der Waals surface area contributed by atoms with Gasteiger partial charge in [-0.15, -0.1) is 11.3 Å². The Bertz CT molecular complexity index is 832.